The van der Waals surface area contributed by atoms with E-state index in [0.717, 1.165) is 31.1 Å². The lowest BCUT2D eigenvalue weighted by Crippen LogP contribution is -2.33. The molecule has 0 aromatic carbocycles. The Balaban J connectivity index is 3.02. The van der Waals surface area contributed by atoms with E-state index in [9.17, 15) is 0 Å². The van der Waals surface area contributed by atoms with E-state index in [1.165, 1.54) is 24.8 Å². The molecular formula is C16H30N4. The SMILES string of the molecule is CCCCCN(c1ncnc(NCC)c1CC)C(C)C. The van der Waals surface area contributed by atoms with E-state index in [4.69, 9.17) is 0 Å². The zero-order chi connectivity index (χ0) is 15.0. The molecule has 1 N–H and O–H groups in total. The van der Waals surface area contributed by atoms with Crippen LogP contribution >= 0.6 is 0 Å². The predicted octanol–water partition coefficient (Wildman–Crippen LogP) is 3.88. The fraction of sp³-hybridized carbons (Fsp3) is 0.750. The summed E-state index contributed by atoms with van der Waals surface area (Å²) in [4.78, 5) is 11.4. The van der Waals surface area contributed by atoms with Gasteiger partial charge in [0.25, 0.3) is 0 Å². The summed E-state index contributed by atoms with van der Waals surface area (Å²) in [6, 6.07) is 0.460. The summed E-state index contributed by atoms with van der Waals surface area (Å²) in [5.74, 6) is 2.09. The third kappa shape index (κ3) is 4.36. The molecule has 0 fully saturated rings. The first-order valence-corrected chi connectivity index (χ1v) is 7.99. The Bertz CT molecular complexity index is 390. The lowest BCUT2D eigenvalue weighted by atomic mass is 10.1. The van der Waals surface area contributed by atoms with E-state index >= 15 is 0 Å². The summed E-state index contributed by atoms with van der Waals surface area (Å²) in [7, 11) is 0. The third-order valence-electron chi connectivity index (χ3n) is 3.52. The van der Waals surface area contributed by atoms with Gasteiger partial charge in [-0.3, -0.25) is 0 Å². The van der Waals surface area contributed by atoms with Gasteiger partial charge in [-0.25, -0.2) is 9.97 Å². The van der Waals surface area contributed by atoms with Crippen LogP contribution in [-0.4, -0.2) is 29.1 Å². The summed E-state index contributed by atoms with van der Waals surface area (Å²) in [6.07, 6.45) is 6.38. The van der Waals surface area contributed by atoms with Gasteiger partial charge in [0.2, 0.25) is 0 Å². The number of hydrogen-bond acceptors (Lipinski definition) is 4. The smallest absolute Gasteiger partial charge is 0.137 e. The molecule has 1 rings (SSSR count). The average Bonchev–Trinajstić information content (AvgIpc) is 2.43. The lowest BCUT2D eigenvalue weighted by Gasteiger charge is -2.30. The van der Waals surface area contributed by atoms with E-state index < -0.39 is 0 Å². The highest BCUT2D eigenvalue weighted by Gasteiger charge is 2.17. The number of unbranched alkanes of at least 4 members (excludes halogenated alkanes) is 2. The molecule has 4 nitrogen and oxygen atoms in total. The number of nitrogens with zero attached hydrogens (tertiary/aromatic N) is 3. The van der Waals surface area contributed by atoms with Crippen molar-refractivity contribution in [1.82, 2.24) is 9.97 Å². The second kappa shape index (κ2) is 8.77. The quantitative estimate of drug-likeness (QED) is 0.696. The van der Waals surface area contributed by atoms with Gasteiger partial charge in [-0.2, -0.15) is 0 Å². The first-order valence-electron chi connectivity index (χ1n) is 7.99. The highest BCUT2D eigenvalue weighted by atomic mass is 15.2. The van der Waals surface area contributed by atoms with Crippen molar-refractivity contribution in [2.24, 2.45) is 0 Å². The molecule has 0 saturated heterocycles. The van der Waals surface area contributed by atoms with Crippen molar-refractivity contribution in [3.8, 4) is 0 Å². The van der Waals surface area contributed by atoms with Crippen molar-refractivity contribution >= 4 is 11.6 Å². The molecule has 0 aliphatic rings. The molecule has 0 saturated carbocycles. The van der Waals surface area contributed by atoms with Crippen LogP contribution in [0.1, 0.15) is 59.4 Å². The molecule has 4 heteroatoms. The maximum Gasteiger partial charge on any atom is 0.137 e. The largest absolute Gasteiger partial charge is 0.370 e. The van der Waals surface area contributed by atoms with Crippen LogP contribution in [0.5, 0.6) is 0 Å². The van der Waals surface area contributed by atoms with Gasteiger partial charge in [0.1, 0.15) is 18.0 Å². The Labute approximate surface area is 124 Å². The molecule has 1 aromatic rings. The molecule has 0 atom stereocenters. The van der Waals surface area contributed by atoms with Crippen molar-refractivity contribution in [3.63, 3.8) is 0 Å². The normalized spacial score (nSPS) is 10.9. The van der Waals surface area contributed by atoms with Gasteiger partial charge in [-0.1, -0.05) is 26.7 Å². The first kappa shape index (κ1) is 16.7. The number of hydrogen-bond donors (Lipinski definition) is 1. The molecule has 0 radical (unpaired) electrons. The standard InChI is InChI=1S/C16H30N4/c1-6-9-10-11-20(13(4)5)16-14(7-2)15(17-8-3)18-12-19-16/h12-13H,6-11H2,1-5H3,(H,17,18,19). The number of aromatic nitrogens is 2. The summed E-state index contributed by atoms with van der Waals surface area (Å²) >= 11 is 0. The topological polar surface area (TPSA) is 41.1 Å². The summed E-state index contributed by atoms with van der Waals surface area (Å²) < 4.78 is 0. The van der Waals surface area contributed by atoms with Crippen molar-refractivity contribution < 1.29 is 0 Å². The van der Waals surface area contributed by atoms with E-state index in [1.54, 1.807) is 6.33 Å². The van der Waals surface area contributed by atoms with Crippen LogP contribution in [0.25, 0.3) is 0 Å². The maximum atomic E-state index is 4.57. The van der Waals surface area contributed by atoms with Crippen LogP contribution in [0, 0.1) is 0 Å². The minimum atomic E-state index is 0.460. The van der Waals surface area contributed by atoms with Gasteiger partial charge >= 0.3 is 0 Å². The molecule has 1 heterocycles. The molecule has 0 aliphatic carbocycles. The van der Waals surface area contributed by atoms with Gasteiger partial charge in [-0.15, -0.1) is 0 Å². The van der Waals surface area contributed by atoms with E-state index in [0.29, 0.717) is 6.04 Å². The second-order valence-corrected chi connectivity index (χ2v) is 5.40. The molecule has 0 amide bonds. The van der Waals surface area contributed by atoms with Gasteiger partial charge in [0, 0.05) is 24.7 Å². The Morgan fingerprint density at radius 1 is 1.15 bits per heavy atom. The summed E-state index contributed by atoms with van der Waals surface area (Å²) in [5, 5.41) is 3.35. The Kier molecular flexibility index (Phi) is 7.34. The highest BCUT2D eigenvalue weighted by molar-refractivity contribution is 5.59. The second-order valence-electron chi connectivity index (χ2n) is 5.40. The van der Waals surface area contributed by atoms with Crippen molar-refractivity contribution in [2.45, 2.75) is 66.3 Å². The van der Waals surface area contributed by atoms with Gasteiger partial charge in [0.05, 0.1) is 0 Å². The van der Waals surface area contributed by atoms with E-state index in [1.807, 2.05) is 0 Å². The lowest BCUT2D eigenvalue weighted by molar-refractivity contribution is 0.616. The van der Waals surface area contributed by atoms with Crippen LogP contribution in [-0.2, 0) is 6.42 Å². The minimum Gasteiger partial charge on any atom is -0.370 e. The molecule has 0 spiro atoms. The fourth-order valence-corrected chi connectivity index (χ4v) is 2.44. The molecule has 1 aromatic heterocycles. The van der Waals surface area contributed by atoms with Crippen molar-refractivity contribution in [3.05, 3.63) is 11.9 Å². The molecule has 0 aliphatic heterocycles. The van der Waals surface area contributed by atoms with Crippen LogP contribution in [0.3, 0.4) is 0 Å². The molecule has 0 unspecified atom stereocenters. The first-order chi connectivity index (χ1) is 9.65. The zero-order valence-electron chi connectivity index (χ0n) is 13.7. The zero-order valence-corrected chi connectivity index (χ0v) is 13.7. The van der Waals surface area contributed by atoms with Crippen LogP contribution in [0.4, 0.5) is 11.6 Å². The average molecular weight is 278 g/mol. The minimum absolute atomic E-state index is 0.460. The van der Waals surface area contributed by atoms with Gasteiger partial charge in [-0.05, 0) is 33.6 Å². The van der Waals surface area contributed by atoms with Crippen LogP contribution in [0.2, 0.25) is 0 Å². The third-order valence-corrected chi connectivity index (χ3v) is 3.52. The fourth-order valence-electron chi connectivity index (χ4n) is 2.44. The van der Waals surface area contributed by atoms with Gasteiger partial charge in [0.15, 0.2) is 0 Å². The number of rotatable bonds is 9. The van der Waals surface area contributed by atoms with Crippen molar-refractivity contribution in [2.75, 3.05) is 23.3 Å². The van der Waals surface area contributed by atoms with Crippen molar-refractivity contribution in [1.29, 1.82) is 0 Å². The number of anilines is 2. The molecule has 20 heavy (non-hydrogen) atoms. The van der Waals surface area contributed by atoms with E-state index in [2.05, 4.69) is 54.8 Å². The summed E-state index contributed by atoms with van der Waals surface area (Å²) in [5.41, 5.74) is 1.24. The Morgan fingerprint density at radius 2 is 1.90 bits per heavy atom. The Hall–Kier alpha value is -1.32. The summed E-state index contributed by atoms with van der Waals surface area (Å²) in [6.45, 7) is 12.9. The van der Waals surface area contributed by atoms with Crippen LogP contribution in [0.15, 0.2) is 6.33 Å². The number of nitrogens with one attached hydrogen (secondary N) is 1. The predicted molar refractivity (Wildman–Crippen MR) is 87.6 cm³/mol. The Morgan fingerprint density at radius 3 is 2.45 bits per heavy atom. The molecular weight excluding hydrogens is 248 g/mol. The van der Waals surface area contributed by atoms with E-state index in [-0.39, 0.29) is 0 Å². The highest BCUT2D eigenvalue weighted by Crippen LogP contribution is 2.26. The van der Waals surface area contributed by atoms with Gasteiger partial charge < -0.3 is 10.2 Å². The maximum absolute atomic E-state index is 4.57. The molecule has 0 bridgehead atoms. The molecule has 114 valence electrons. The van der Waals surface area contributed by atoms with Crippen LogP contribution < -0.4 is 10.2 Å². The monoisotopic (exact) mass is 278 g/mol.